The van der Waals surface area contributed by atoms with Crippen LogP contribution in [0.2, 0.25) is 0 Å². The molecule has 1 aromatic carbocycles. The van der Waals surface area contributed by atoms with Gasteiger partial charge in [0.1, 0.15) is 0 Å². The van der Waals surface area contributed by atoms with E-state index in [1.54, 1.807) is 0 Å². The van der Waals surface area contributed by atoms with Crippen LogP contribution >= 0.6 is 0 Å². The van der Waals surface area contributed by atoms with E-state index < -0.39 is 17.3 Å². The number of pyridine rings is 1. The molecule has 0 atom stereocenters. The first-order chi connectivity index (χ1) is 8.41. The van der Waals surface area contributed by atoms with Gasteiger partial charge in [0.05, 0.1) is 16.9 Å². The van der Waals surface area contributed by atoms with Crippen molar-refractivity contribution < 1.29 is 13.2 Å². The monoisotopic (exact) mass is 254 g/mol. The lowest BCUT2D eigenvalue weighted by Crippen LogP contribution is -2.23. The van der Waals surface area contributed by atoms with Crippen molar-refractivity contribution in [1.29, 1.82) is 0 Å². The number of nitrogens with two attached hydrogens (primary N) is 1. The van der Waals surface area contributed by atoms with Gasteiger partial charge in [-0.3, -0.25) is 9.36 Å². The van der Waals surface area contributed by atoms with Crippen molar-refractivity contribution in [3.8, 4) is 5.69 Å². The Labute approximate surface area is 100 Å². The zero-order chi connectivity index (χ0) is 13.3. The van der Waals surface area contributed by atoms with Gasteiger partial charge in [-0.25, -0.2) is 0 Å². The molecule has 0 fully saturated rings. The van der Waals surface area contributed by atoms with Gasteiger partial charge in [0.25, 0.3) is 5.56 Å². The molecule has 0 amide bonds. The number of alkyl halides is 3. The van der Waals surface area contributed by atoms with Crippen LogP contribution in [0.25, 0.3) is 5.69 Å². The highest BCUT2D eigenvalue weighted by molar-refractivity contribution is 5.46. The Kier molecular flexibility index (Phi) is 2.86. The van der Waals surface area contributed by atoms with Crippen LogP contribution in [0.15, 0.2) is 47.4 Å². The van der Waals surface area contributed by atoms with E-state index in [2.05, 4.69) is 0 Å². The van der Waals surface area contributed by atoms with E-state index >= 15 is 0 Å². The van der Waals surface area contributed by atoms with Crippen LogP contribution in [0, 0.1) is 0 Å². The molecule has 1 aromatic heterocycles. The first-order valence-electron chi connectivity index (χ1n) is 5.05. The predicted molar refractivity (Wildman–Crippen MR) is 61.5 cm³/mol. The fourth-order valence-electron chi connectivity index (χ4n) is 1.62. The Hall–Kier alpha value is -2.24. The van der Waals surface area contributed by atoms with Crippen molar-refractivity contribution in [3.63, 3.8) is 0 Å². The molecule has 18 heavy (non-hydrogen) atoms. The minimum absolute atomic E-state index is 0.102. The van der Waals surface area contributed by atoms with Crippen LogP contribution < -0.4 is 11.3 Å². The van der Waals surface area contributed by atoms with Crippen LogP contribution in [-0.2, 0) is 6.18 Å². The largest absolute Gasteiger partial charge is 0.418 e. The minimum atomic E-state index is -4.53. The van der Waals surface area contributed by atoms with Gasteiger partial charge >= 0.3 is 6.18 Å². The van der Waals surface area contributed by atoms with E-state index in [-0.39, 0.29) is 11.4 Å². The second-order valence-corrected chi connectivity index (χ2v) is 3.65. The van der Waals surface area contributed by atoms with E-state index in [0.717, 1.165) is 10.6 Å². The molecule has 0 unspecified atom stereocenters. The van der Waals surface area contributed by atoms with Gasteiger partial charge in [-0.15, -0.1) is 0 Å². The van der Waals surface area contributed by atoms with Crippen molar-refractivity contribution in [1.82, 2.24) is 4.57 Å². The summed E-state index contributed by atoms with van der Waals surface area (Å²) < 4.78 is 39.3. The molecule has 0 radical (unpaired) electrons. The van der Waals surface area contributed by atoms with Gasteiger partial charge in [-0.05, 0) is 24.3 Å². The molecule has 6 heteroatoms. The number of halogens is 3. The average Bonchev–Trinajstić information content (AvgIpc) is 2.32. The Morgan fingerprint density at radius 3 is 2.39 bits per heavy atom. The van der Waals surface area contributed by atoms with Crippen molar-refractivity contribution in [2.24, 2.45) is 0 Å². The number of nitrogens with zero attached hydrogens (tertiary/aromatic N) is 1. The summed E-state index contributed by atoms with van der Waals surface area (Å²) in [7, 11) is 0. The molecule has 0 saturated heterocycles. The van der Waals surface area contributed by atoms with Crippen LogP contribution in [-0.4, -0.2) is 4.57 Å². The highest BCUT2D eigenvalue weighted by Gasteiger charge is 2.33. The minimum Gasteiger partial charge on any atom is -0.394 e. The molecule has 0 aliphatic rings. The second kappa shape index (κ2) is 4.21. The van der Waals surface area contributed by atoms with Crippen molar-refractivity contribution in [2.45, 2.75) is 6.18 Å². The van der Waals surface area contributed by atoms with Gasteiger partial charge in [-0.2, -0.15) is 13.2 Å². The van der Waals surface area contributed by atoms with E-state index in [1.165, 1.54) is 36.5 Å². The fraction of sp³-hybridized carbons (Fsp3) is 0.0833. The maximum atomic E-state index is 12.8. The lowest BCUT2D eigenvalue weighted by molar-refractivity contribution is -0.137. The number of anilines is 1. The third-order valence-corrected chi connectivity index (χ3v) is 2.45. The molecule has 0 aliphatic carbocycles. The quantitative estimate of drug-likeness (QED) is 0.849. The highest BCUT2D eigenvalue weighted by Crippen LogP contribution is 2.33. The molecule has 0 spiro atoms. The van der Waals surface area contributed by atoms with Crippen molar-refractivity contribution in [3.05, 3.63) is 58.5 Å². The third-order valence-electron chi connectivity index (χ3n) is 2.45. The summed E-state index contributed by atoms with van der Waals surface area (Å²) in [5.41, 5.74) is 3.52. The normalized spacial score (nSPS) is 11.5. The molecule has 2 aromatic rings. The first-order valence-corrected chi connectivity index (χ1v) is 5.05. The highest BCUT2D eigenvalue weighted by atomic mass is 19.4. The number of rotatable bonds is 1. The number of aromatic nitrogens is 1. The molecule has 2 rings (SSSR count). The zero-order valence-electron chi connectivity index (χ0n) is 9.11. The molecule has 1 heterocycles. The van der Waals surface area contributed by atoms with Gasteiger partial charge < -0.3 is 5.73 Å². The number of hydrogen-bond acceptors (Lipinski definition) is 2. The molecule has 3 nitrogen and oxygen atoms in total. The molecular weight excluding hydrogens is 245 g/mol. The fourth-order valence-corrected chi connectivity index (χ4v) is 1.62. The Morgan fingerprint density at radius 1 is 1.06 bits per heavy atom. The maximum absolute atomic E-state index is 12.8. The standard InChI is InChI=1S/C12H9F3N2O/c13-12(14,15)8-4-1-2-6-10(8)17-7-3-5-9(16)11(17)18/h1-7H,16H2. The molecule has 0 bridgehead atoms. The summed E-state index contributed by atoms with van der Waals surface area (Å²) in [5, 5.41) is 0. The zero-order valence-corrected chi connectivity index (χ0v) is 9.11. The molecular formula is C12H9F3N2O. The van der Waals surface area contributed by atoms with Crippen LogP contribution in [0.3, 0.4) is 0 Å². The number of para-hydroxylation sites is 1. The number of benzene rings is 1. The van der Waals surface area contributed by atoms with Crippen LogP contribution in [0.4, 0.5) is 18.9 Å². The molecule has 0 saturated carbocycles. The Balaban J connectivity index is 2.73. The summed E-state index contributed by atoms with van der Waals surface area (Å²) >= 11 is 0. The summed E-state index contributed by atoms with van der Waals surface area (Å²) in [6, 6.07) is 7.61. The van der Waals surface area contributed by atoms with E-state index in [1.807, 2.05) is 0 Å². The molecule has 94 valence electrons. The van der Waals surface area contributed by atoms with E-state index in [0.29, 0.717) is 0 Å². The maximum Gasteiger partial charge on any atom is 0.418 e. The third kappa shape index (κ3) is 2.09. The Bertz CT molecular complexity index is 632. The summed E-state index contributed by atoms with van der Waals surface area (Å²) in [6.07, 6.45) is -3.27. The summed E-state index contributed by atoms with van der Waals surface area (Å²) in [4.78, 5) is 11.7. The second-order valence-electron chi connectivity index (χ2n) is 3.65. The Morgan fingerprint density at radius 2 is 1.72 bits per heavy atom. The molecule has 2 N–H and O–H groups in total. The lowest BCUT2D eigenvalue weighted by atomic mass is 10.1. The van der Waals surface area contributed by atoms with Crippen molar-refractivity contribution >= 4 is 5.69 Å². The van der Waals surface area contributed by atoms with Crippen LogP contribution in [0.1, 0.15) is 5.56 Å². The smallest absolute Gasteiger partial charge is 0.394 e. The van der Waals surface area contributed by atoms with Gasteiger partial charge in [0.2, 0.25) is 0 Å². The average molecular weight is 254 g/mol. The van der Waals surface area contributed by atoms with Gasteiger partial charge in [-0.1, -0.05) is 12.1 Å². The van der Waals surface area contributed by atoms with Crippen molar-refractivity contribution in [2.75, 3.05) is 5.73 Å². The van der Waals surface area contributed by atoms with E-state index in [4.69, 9.17) is 5.73 Å². The number of nitrogen functional groups attached to an aromatic ring is 1. The SMILES string of the molecule is Nc1cccn(-c2ccccc2C(F)(F)F)c1=O. The summed E-state index contributed by atoms with van der Waals surface area (Å²) in [6.45, 7) is 0. The van der Waals surface area contributed by atoms with Gasteiger partial charge in [0.15, 0.2) is 0 Å². The molecule has 0 aliphatic heterocycles. The summed E-state index contributed by atoms with van der Waals surface area (Å²) in [5.74, 6) is 0. The van der Waals surface area contributed by atoms with Gasteiger partial charge in [0, 0.05) is 6.20 Å². The number of hydrogen-bond donors (Lipinski definition) is 1. The topological polar surface area (TPSA) is 48.0 Å². The van der Waals surface area contributed by atoms with Crippen LogP contribution in [0.5, 0.6) is 0 Å². The first kappa shape index (κ1) is 12.2. The lowest BCUT2D eigenvalue weighted by Gasteiger charge is -2.14. The predicted octanol–water partition coefficient (Wildman–Crippen LogP) is 2.44. The van der Waals surface area contributed by atoms with E-state index in [9.17, 15) is 18.0 Å².